The maximum absolute atomic E-state index is 13.8. The van der Waals surface area contributed by atoms with Gasteiger partial charge in [-0.05, 0) is 24.8 Å². The Morgan fingerprint density at radius 1 is 1.42 bits per heavy atom. The molecule has 0 unspecified atom stereocenters. The standard InChI is InChI=1S/C14H17FO4/c15-13-11(2-1-3-12(13)14(16)17)9-19-8-10-4-6-18-7-5-10/h1-3,10H,4-9H2,(H,16,17). The number of hydrogen-bond donors (Lipinski definition) is 1. The molecule has 0 radical (unpaired) electrons. The number of carboxylic acids is 1. The molecule has 2 rings (SSSR count). The Hall–Kier alpha value is -1.46. The maximum atomic E-state index is 13.8. The third-order valence-corrected chi connectivity index (χ3v) is 3.26. The first-order valence-electron chi connectivity index (χ1n) is 6.34. The van der Waals surface area contributed by atoms with Gasteiger partial charge in [0.05, 0.1) is 18.8 Å². The normalized spacial score (nSPS) is 16.5. The molecule has 0 aromatic heterocycles. The fourth-order valence-corrected chi connectivity index (χ4v) is 2.11. The van der Waals surface area contributed by atoms with Crippen LogP contribution in [-0.2, 0) is 16.1 Å². The molecule has 1 heterocycles. The van der Waals surface area contributed by atoms with Crippen molar-refractivity contribution in [1.82, 2.24) is 0 Å². The van der Waals surface area contributed by atoms with Crippen LogP contribution < -0.4 is 0 Å². The summed E-state index contributed by atoms with van der Waals surface area (Å²) in [6, 6.07) is 4.32. The third kappa shape index (κ3) is 3.75. The topological polar surface area (TPSA) is 55.8 Å². The summed E-state index contributed by atoms with van der Waals surface area (Å²) >= 11 is 0. The van der Waals surface area contributed by atoms with Crippen molar-refractivity contribution >= 4 is 5.97 Å². The molecular weight excluding hydrogens is 251 g/mol. The molecule has 0 bridgehead atoms. The molecule has 1 fully saturated rings. The van der Waals surface area contributed by atoms with Crippen molar-refractivity contribution < 1.29 is 23.8 Å². The van der Waals surface area contributed by atoms with Crippen LogP contribution in [-0.4, -0.2) is 30.9 Å². The molecule has 1 saturated heterocycles. The minimum absolute atomic E-state index is 0.101. The molecule has 19 heavy (non-hydrogen) atoms. The van der Waals surface area contributed by atoms with E-state index in [-0.39, 0.29) is 17.7 Å². The lowest BCUT2D eigenvalue weighted by atomic mass is 10.0. The van der Waals surface area contributed by atoms with E-state index in [2.05, 4.69) is 0 Å². The van der Waals surface area contributed by atoms with Crippen LogP contribution in [0.25, 0.3) is 0 Å². The molecule has 1 aromatic carbocycles. The average Bonchev–Trinajstić information content (AvgIpc) is 2.41. The van der Waals surface area contributed by atoms with E-state index in [1.165, 1.54) is 12.1 Å². The van der Waals surface area contributed by atoms with E-state index < -0.39 is 11.8 Å². The van der Waals surface area contributed by atoms with Gasteiger partial charge in [0, 0.05) is 18.8 Å². The maximum Gasteiger partial charge on any atom is 0.338 e. The van der Waals surface area contributed by atoms with Crippen molar-refractivity contribution in [3.8, 4) is 0 Å². The number of carboxylic acid groups (broad SMARTS) is 1. The van der Waals surface area contributed by atoms with E-state index >= 15 is 0 Å². The molecule has 1 aromatic rings. The van der Waals surface area contributed by atoms with Gasteiger partial charge < -0.3 is 14.6 Å². The Balaban J connectivity index is 1.88. The van der Waals surface area contributed by atoms with Crippen molar-refractivity contribution in [3.63, 3.8) is 0 Å². The zero-order valence-electron chi connectivity index (χ0n) is 10.6. The van der Waals surface area contributed by atoms with Crippen LogP contribution in [0.3, 0.4) is 0 Å². The van der Waals surface area contributed by atoms with E-state index in [0.717, 1.165) is 26.1 Å². The first-order chi connectivity index (χ1) is 9.18. The van der Waals surface area contributed by atoms with Crippen LogP contribution >= 0.6 is 0 Å². The number of hydrogen-bond acceptors (Lipinski definition) is 3. The summed E-state index contributed by atoms with van der Waals surface area (Å²) < 4.78 is 24.5. The number of halogens is 1. The van der Waals surface area contributed by atoms with Crippen molar-refractivity contribution in [2.45, 2.75) is 19.4 Å². The van der Waals surface area contributed by atoms with Crippen molar-refractivity contribution in [2.24, 2.45) is 5.92 Å². The Labute approximate surface area is 111 Å². The zero-order chi connectivity index (χ0) is 13.7. The van der Waals surface area contributed by atoms with E-state index in [9.17, 15) is 9.18 Å². The first-order valence-corrected chi connectivity index (χ1v) is 6.34. The SMILES string of the molecule is O=C(O)c1cccc(COCC2CCOCC2)c1F. The lowest BCUT2D eigenvalue weighted by Crippen LogP contribution is -2.20. The average molecular weight is 268 g/mol. The smallest absolute Gasteiger partial charge is 0.338 e. The summed E-state index contributed by atoms with van der Waals surface area (Å²) in [6.07, 6.45) is 1.91. The molecule has 1 N–H and O–H groups in total. The number of carbonyl (C=O) groups is 1. The van der Waals surface area contributed by atoms with Crippen LogP contribution in [0.2, 0.25) is 0 Å². The fourth-order valence-electron chi connectivity index (χ4n) is 2.11. The van der Waals surface area contributed by atoms with Gasteiger partial charge in [-0.2, -0.15) is 0 Å². The van der Waals surface area contributed by atoms with Crippen molar-refractivity contribution in [3.05, 3.63) is 35.1 Å². The van der Waals surface area contributed by atoms with Crippen LogP contribution in [0.15, 0.2) is 18.2 Å². The number of ether oxygens (including phenoxy) is 2. The van der Waals surface area contributed by atoms with Gasteiger partial charge in [-0.15, -0.1) is 0 Å². The highest BCUT2D eigenvalue weighted by Gasteiger charge is 2.16. The van der Waals surface area contributed by atoms with Crippen molar-refractivity contribution in [1.29, 1.82) is 0 Å². The second kappa shape index (κ2) is 6.63. The van der Waals surface area contributed by atoms with Gasteiger partial charge in [0.1, 0.15) is 5.82 Å². The van der Waals surface area contributed by atoms with Crippen LogP contribution in [0.4, 0.5) is 4.39 Å². The van der Waals surface area contributed by atoms with E-state index in [1.54, 1.807) is 6.07 Å². The summed E-state index contributed by atoms with van der Waals surface area (Å²) in [5, 5.41) is 8.82. The lowest BCUT2D eigenvalue weighted by molar-refractivity contribution is 0.0151. The highest BCUT2D eigenvalue weighted by atomic mass is 19.1. The third-order valence-electron chi connectivity index (χ3n) is 3.26. The van der Waals surface area contributed by atoms with Gasteiger partial charge in [0.15, 0.2) is 0 Å². The first kappa shape index (κ1) is 14.0. The minimum atomic E-state index is -1.26. The number of rotatable bonds is 5. The van der Waals surface area contributed by atoms with Gasteiger partial charge >= 0.3 is 5.97 Å². The number of benzene rings is 1. The molecular formula is C14H17FO4. The molecule has 4 nitrogen and oxygen atoms in total. The van der Waals surface area contributed by atoms with E-state index in [4.69, 9.17) is 14.6 Å². The zero-order valence-corrected chi connectivity index (χ0v) is 10.6. The fraction of sp³-hybridized carbons (Fsp3) is 0.500. The van der Waals surface area contributed by atoms with E-state index in [0.29, 0.717) is 12.5 Å². The Morgan fingerprint density at radius 3 is 2.84 bits per heavy atom. The molecule has 0 saturated carbocycles. The lowest BCUT2D eigenvalue weighted by Gasteiger charge is -2.21. The van der Waals surface area contributed by atoms with Gasteiger partial charge in [0.25, 0.3) is 0 Å². The van der Waals surface area contributed by atoms with Crippen LogP contribution in [0.1, 0.15) is 28.8 Å². The van der Waals surface area contributed by atoms with Crippen LogP contribution in [0, 0.1) is 11.7 Å². The molecule has 1 aliphatic rings. The second-order valence-corrected chi connectivity index (χ2v) is 4.65. The van der Waals surface area contributed by atoms with Gasteiger partial charge in [-0.1, -0.05) is 12.1 Å². The van der Waals surface area contributed by atoms with Gasteiger partial charge in [-0.25, -0.2) is 9.18 Å². The minimum Gasteiger partial charge on any atom is -0.478 e. The van der Waals surface area contributed by atoms with Gasteiger partial charge in [0.2, 0.25) is 0 Å². The predicted octanol–water partition coefficient (Wildman–Crippen LogP) is 2.47. The highest BCUT2D eigenvalue weighted by Crippen LogP contribution is 2.17. The molecule has 1 aliphatic heterocycles. The summed E-state index contributed by atoms with van der Waals surface area (Å²) in [6.45, 7) is 2.15. The second-order valence-electron chi connectivity index (χ2n) is 4.65. The molecule has 0 atom stereocenters. The summed E-state index contributed by atoms with van der Waals surface area (Å²) in [7, 11) is 0. The quantitative estimate of drug-likeness (QED) is 0.891. The molecule has 5 heteroatoms. The Kier molecular flexibility index (Phi) is 4.87. The molecule has 0 spiro atoms. The summed E-state index contributed by atoms with van der Waals surface area (Å²) in [5.74, 6) is -1.52. The highest BCUT2D eigenvalue weighted by molar-refractivity contribution is 5.88. The van der Waals surface area contributed by atoms with E-state index in [1.807, 2.05) is 0 Å². The Bertz CT molecular complexity index is 441. The van der Waals surface area contributed by atoms with Gasteiger partial charge in [-0.3, -0.25) is 0 Å². The molecule has 104 valence electrons. The molecule has 0 amide bonds. The summed E-state index contributed by atoms with van der Waals surface area (Å²) in [4.78, 5) is 10.8. The monoisotopic (exact) mass is 268 g/mol. The number of aromatic carboxylic acids is 1. The van der Waals surface area contributed by atoms with Crippen molar-refractivity contribution in [2.75, 3.05) is 19.8 Å². The van der Waals surface area contributed by atoms with Crippen LogP contribution in [0.5, 0.6) is 0 Å². The predicted molar refractivity (Wildman–Crippen MR) is 66.6 cm³/mol. The largest absolute Gasteiger partial charge is 0.478 e. The Morgan fingerprint density at radius 2 is 2.16 bits per heavy atom. The summed E-state index contributed by atoms with van der Waals surface area (Å²) in [5.41, 5.74) is -0.0286. The molecule has 0 aliphatic carbocycles.